The summed E-state index contributed by atoms with van der Waals surface area (Å²) in [4.78, 5) is 29.1. The molecule has 0 saturated heterocycles. The Kier molecular flexibility index (Phi) is 7.21. The summed E-state index contributed by atoms with van der Waals surface area (Å²) >= 11 is 1.35. The van der Waals surface area contributed by atoms with E-state index in [1.165, 1.54) is 30.6 Å². The van der Waals surface area contributed by atoms with Crippen LogP contribution in [0.4, 0.5) is 9.93 Å². The average Bonchev–Trinajstić information content (AvgIpc) is 3.17. The van der Waals surface area contributed by atoms with Crippen molar-refractivity contribution in [1.82, 2.24) is 15.6 Å². The quantitative estimate of drug-likeness (QED) is 0.476. The normalized spacial score (nSPS) is 14.5. The maximum atomic E-state index is 12.4. The number of thiazole rings is 1. The highest BCUT2D eigenvalue weighted by atomic mass is 32.1. The molecule has 3 N–H and O–H groups in total. The molecule has 2 aromatic rings. The third-order valence-electron chi connectivity index (χ3n) is 4.62. The lowest BCUT2D eigenvalue weighted by Gasteiger charge is -2.22. The molecule has 1 aliphatic carbocycles. The van der Waals surface area contributed by atoms with Gasteiger partial charge in [0.1, 0.15) is 0 Å². The zero-order chi connectivity index (χ0) is 18.9. The summed E-state index contributed by atoms with van der Waals surface area (Å²) in [5.74, 6) is -0.0119. The summed E-state index contributed by atoms with van der Waals surface area (Å²) in [6.07, 6.45) is 8.26. The fraction of sp³-hybridized carbons (Fsp3) is 0.450. The van der Waals surface area contributed by atoms with Gasteiger partial charge in [0.2, 0.25) is 5.78 Å². The Morgan fingerprint density at radius 3 is 2.63 bits per heavy atom. The first-order chi connectivity index (χ1) is 13.2. The lowest BCUT2D eigenvalue weighted by Crippen LogP contribution is -2.43. The minimum absolute atomic E-state index is 0.0119. The Balaban J connectivity index is 1.33. The molecule has 0 aliphatic heterocycles. The zero-order valence-electron chi connectivity index (χ0n) is 15.4. The minimum Gasteiger partial charge on any atom is -0.361 e. The first-order valence-corrected chi connectivity index (χ1v) is 10.4. The van der Waals surface area contributed by atoms with Crippen molar-refractivity contribution in [3.63, 3.8) is 0 Å². The number of urea groups is 1. The fourth-order valence-corrected chi connectivity index (χ4v) is 3.97. The predicted octanol–water partition coefficient (Wildman–Crippen LogP) is 3.81. The average molecular weight is 387 g/mol. The number of aromatic nitrogens is 1. The molecule has 1 fully saturated rings. The van der Waals surface area contributed by atoms with E-state index in [4.69, 9.17) is 0 Å². The first-order valence-electron chi connectivity index (χ1n) is 9.56. The number of carbonyl (C=O) groups excluding carboxylic acids is 2. The number of ketones is 1. The number of rotatable bonds is 8. The van der Waals surface area contributed by atoms with E-state index < -0.39 is 0 Å². The minimum atomic E-state index is -0.0770. The molecule has 1 aliphatic rings. The summed E-state index contributed by atoms with van der Waals surface area (Å²) in [5.41, 5.74) is 0.667. The van der Waals surface area contributed by atoms with Crippen LogP contribution in [0.5, 0.6) is 0 Å². The molecule has 0 unspecified atom stereocenters. The fourth-order valence-electron chi connectivity index (χ4n) is 3.16. The standard InChI is InChI=1S/C20H26N4O2S/c25-18(15-8-3-1-4-9-15)17-14-23-20(27-17)22-13-7-12-21-19(26)24-16-10-5-2-6-11-16/h1,3-4,8-9,14,16H,2,5-7,10-13H2,(H,22,23)(H2,21,24,26). The number of anilines is 1. The maximum absolute atomic E-state index is 12.4. The Hall–Kier alpha value is -2.41. The van der Waals surface area contributed by atoms with Crippen LogP contribution in [0.3, 0.4) is 0 Å². The number of carbonyl (C=O) groups is 2. The molecular formula is C20H26N4O2S. The van der Waals surface area contributed by atoms with E-state index in [0.29, 0.717) is 29.6 Å². The molecule has 1 heterocycles. The van der Waals surface area contributed by atoms with Gasteiger partial charge in [-0.2, -0.15) is 0 Å². The van der Waals surface area contributed by atoms with Crippen LogP contribution in [-0.4, -0.2) is 35.9 Å². The molecule has 6 nitrogen and oxygen atoms in total. The second kappa shape index (κ2) is 10.1. The van der Waals surface area contributed by atoms with E-state index in [1.807, 2.05) is 18.2 Å². The summed E-state index contributed by atoms with van der Waals surface area (Å²) in [7, 11) is 0. The van der Waals surface area contributed by atoms with Crippen LogP contribution in [0.2, 0.25) is 0 Å². The van der Waals surface area contributed by atoms with Gasteiger partial charge < -0.3 is 16.0 Å². The van der Waals surface area contributed by atoms with Gasteiger partial charge in [0.25, 0.3) is 0 Å². The largest absolute Gasteiger partial charge is 0.361 e. The van der Waals surface area contributed by atoms with Crippen molar-refractivity contribution < 1.29 is 9.59 Å². The van der Waals surface area contributed by atoms with E-state index >= 15 is 0 Å². The molecule has 3 rings (SSSR count). The monoisotopic (exact) mass is 386 g/mol. The molecule has 0 spiro atoms. The lowest BCUT2D eigenvalue weighted by molar-refractivity contribution is 0.104. The van der Waals surface area contributed by atoms with Gasteiger partial charge in [0.05, 0.1) is 11.1 Å². The molecule has 1 aromatic heterocycles. The van der Waals surface area contributed by atoms with Crippen LogP contribution < -0.4 is 16.0 Å². The molecule has 144 valence electrons. The van der Waals surface area contributed by atoms with Crippen molar-refractivity contribution in [2.75, 3.05) is 18.4 Å². The van der Waals surface area contributed by atoms with E-state index in [2.05, 4.69) is 20.9 Å². The number of benzene rings is 1. The van der Waals surface area contributed by atoms with Crippen LogP contribution in [0.1, 0.15) is 53.8 Å². The van der Waals surface area contributed by atoms with Gasteiger partial charge >= 0.3 is 6.03 Å². The lowest BCUT2D eigenvalue weighted by atomic mass is 9.96. The number of amides is 2. The van der Waals surface area contributed by atoms with E-state index in [-0.39, 0.29) is 11.8 Å². The van der Waals surface area contributed by atoms with E-state index in [1.54, 1.807) is 18.3 Å². The summed E-state index contributed by atoms with van der Waals surface area (Å²) < 4.78 is 0. The Morgan fingerprint density at radius 1 is 1.07 bits per heavy atom. The van der Waals surface area contributed by atoms with Gasteiger partial charge in [-0.15, -0.1) is 0 Å². The molecule has 0 bridgehead atoms. The Morgan fingerprint density at radius 2 is 1.85 bits per heavy atom. The molecular weight excluding hydrogens is 360 g/mol. The van der Waals surface area contributed by atoms with Crippen molar-refractivity contribution in [2.45, 2.75) is 44.6 Å². The van der Waals surface area contributed by atoms with Crippen LogP contribution >= 0.6 is 11.3 Å². The molecule has 0 radical (unpaired) electrons. The molecule has 27 heavy (non-hydrogen) atoms. The van der Waals surface area contributed by atoms with Crippen molar-refractivity contribution in [3.05, 3.63) is 47.0 Å². The van der Waals surface area contributed by atoms with E-state index in [0.717, 1.165) is 24.4 Å². The number of nitrogens with one attached hydrogen (secondary N) is 3. The van der Waals surface area contributed by atoms with Crippen molar-refractivity contribution in [3.8, 4) is 0 Å². The van der Waals surface area contributed by atoms with Gasteiger partial charge in [-0.1, -0.05) is 60.9 Å². The van der Waals surface area contributed by atoms with E-state index in [9.17, 15) is 9.59 Å². The highest BCUT2D eigenvalue weighted by Crippen LogP contribution is 2.21. The third kappa shape index (κ3) is 6.06. The SMILES string of the molecule is O=C(NCCCNc1ncc(C(=O)c2ccccc2)s1)NC1CCCCC1. The number of nitrogens with zero attached hydrogens (tertiary/aromatic N) is 1. The maximum Gasteiger partial charge on any atom is 0.315 e. The summed E-state index contributed by atoms with van der Waals surface area (Å²) in [5, 5.41) is 9.87. The first kappa shape index (κ1) is 19.4. The van der Waals surface area contributed by atoms with Gasteiger partial charge in [-0.3, -0.25) is 4.79 Å². The molecule has 7 heteroatoms. The summed E-state index contributed by atoms with van der Waals surface area (Å²) in [6.45, 7) is 1.29. The van der Waals surface area contributed by atoms with Crippen LogP contribution in [0.25, 0.3) is 0 Å². The second-order valence-electron chi connectivity index (χ2n) is 6.74. The van der Waals surface area contributed by atoms with Gasteiger partial charge in [0, 0.05) is 24.7 Å². The molecule has 0 atom stereocenters. The van der Waals surface area contributed by atoms with Crippen molar-refractivity contribution >= 4 is 28.3 Å². The van der Waals surface area contributed by atoms with Gasteiger partial charge in [-0.25, -0.2) is 9.78 Å². The zero-order valence-corrected chi connectivity index (χ0v) is 16.2. The second-order valence-corrected chi connectivity index (χ2v) is 7.77. The topological polar surface area (TPSA) is 83.1 Å². The number of hydrogen-bond donors (Lipinski definition) is 3. The summed E-state index contributed by atoms with van der Waals surface area (Å²) in [6, 6.07) is 9.45. The van der Waals surface area contributed by atoms with Crippen LogP contribution in [-0.2, 0) is 0 Å². The van der Waals surface area contributed by atoms with Crippen molar-refractivity contribution in [1.29, 1.82) is 0 Å². The van der Waals surface area contributed by atoms with Crippen LogP contribution in [0, 0.1) is 0 Å². The molecule has 2 amide bonds. The predicted molar refractivity (Wildman–Crippen MR) is 109 cm³/mol. The highest BCUT2D eigenvalue weighted by molar-refractivity contribution is 7.17. The van der Waals surface area contributed by atoms with Gasteiger partial charge in [-0.05, 0) is 19.3 Å². The third-order valence-corrected chi connectivity index (χ3v) is 5.57. The Bertz CT molecular complexity index is 741. The molecule has 1 saturated carbocycles. The number of hydrogen-bond acceptors (Lipinski definition) is 5. The smallest absolute Gasteiger partial charge is 0.315 e. The molecule has 1 aromatic carbocycles. The Labute approximate surface area is 163 Å². The van der Waals surface area contributed by atoms with Gasteiger partial charge in [0.15, 0.2) is 5.13 Å². The van der Waals surface area contributed by atoms with Crippen LogP contribution in [0.15, 0.2) is 36.5 Å². The van der Waals surface area contributed by atoms with Crippen molar-refractivity contribution in [2.24, 2.45) is 0 Å². The highest BCUT2D eigenvalue weighted by Gasteiger charge is 2.15.